The smallest absolute Gasteiger partial charge is 0.243 e. The Morgan fingerprint density at radius 3 is 2.61 bits per heavy atom. The van der Waals surface area contributed by atoms with Crippen molar-refractivity contribution in [2.45, 2.75) is 30.7 Å². The number of hydrogen-bond acceptors (Lipinski definition) is 3. The number of rotatable bonds is 3. The average Bonchev–Trinajstić information content (AvgIpc) is 2.20. The Hall–Kier alpha value is -0.660. The lowest BCUT2D eigenvalue weighted by molar-refractivity contribution is 0.270. The van der Waals surface area contributed by atoms with E-state index in [1.165, 1.54) is 0 Å². The van der Waals surface area contributed by atoms with Crippen molar-refractivity contribution < 1.29 is 12.8 Å². The van der Waals surface area contributed by atoms with E-state index < -0.39 is 20.7 Å². The van der Waals surface area contributed by atoms with Crippen LogP contribution in [0.1, 0.15) is 19.8 Å². The standard InChI is InChI=1S/C11H14BrFN2O2S/c1-6-2-7(3-6)15-18(16,17)11-5-10(14)8(12)4-9(11)13/h4-7,15H,2-3,14H2,1H3. The van der Waals surface area contributed by atoms with Crippen molar-refractivity contribution in [1.29, 1.82) is 0 Å². The van der Waals surface area contributed by atoms with Crippen molar-refractivity contribution in [1.82, 2.24) is 4.72 Å². The highest BCUT2D eigenvalue weighted by Crippen LogP contribution is 2.30. The molecule has 7 heteroatoms. The molecule has 0 atom stereocenters. The summed E-state index contributed by atoms with van der Waals surface area (Å²) in [6.45, 7) is 2.04. The maximum atomic E-state index is 13.7. The first-order valence-corrected chi connectivity index (χ1v) is 7.84. The summed E-state index contributed by atoms with van der Waals surface area (Å²) < 4.78 is 40.5. The molecule has 0 bridgehead atoms. The normalized spacial score (nSPS) is 23.7. The summed E-state index contributed by atoms with van der Waals surface area (Å²) in [6, 6.07) is 2.09. The molecule has 0 spiro atoms. The molecule has 3 N–H and O–H groups in total. The van der Waals surface area contributed by atoms with E-state index in [0.717, 1.165) is 25.0 Å². The highest BCUT2D eigenvalue weighted by Gasteiger charge is 2.31. The van der Waals surface area contributed by atoms with E-state index in [2.05, 4.69) is 20.7 Å². The van der Waals surface area contributed by atoms with Gasteiger partial charge >= 0.3 is 0 Å². The first-order chi connectivity index (χ1) is 8.29. The van der Waals surface area contributed by atoms with Gasteiger partial charge in [0, 0.05) is 16.2 Å². The van der Waals surface area contributed by atoms with Gasteiger partial charge in [-0.05, 0) is 46.8 Å². The van der Waals surface area contributed by atoms with Crippen LogP contribution in [0.3, 0.4) is 0 Å². The van der Waals surface area contributed by atoms with Crippen molar-refractivity contribution in [2.24, 2.45) is 5.92 Å². The number of anilines is 1. The van der Waals surface area contributed by atoms with Crippen LogP contribution in [-0.4, -0.2) is 14.5 Å². The zero-order valence-corrected chi connectivity index (χ0v) is 12.2. The summed E-state index contributed by atoms with van der Waals surface area (Å²) in [5.74, 6) is -0.298. The van der Waals surface area contributed by atoms with Gasteiger partial charge in [-0.2, -0.15) is 0 Å². The Balaban J connectivity index is 2.27. The van der Waals surface area contributed by atoms with Crippen LogP contribution in [0.4, 0.5) is 10.1 Å². The number of hydrogen-bond donors (Lipinski definition) is 2. The van der Waals surface area contributed by atoms with Crippen LogP contribution in [0.25, 0.3) is 0 Å². The number of benzene rings is 1. The van der Waals surface area contributed by atoms with E-state index in [4.69, 9.17) is 5.73 Å². The Kier molecular flexibility index (Phi) is 3.66. The predicted octanol–water partition coefficient (Wildman–Crippen LogP) is 2.25. The van der Waals surface area contributed by atoms with Gasteiger partial charge in [0.2, 0.25) is 10.0 Å². The molecule has 2 rings (SSSR count). The summed E-state index contributed by atoms with van der Waals surface area (Å²) in [6.07, 6.45) is 1.57. The zero-order valence-electron chi connectivity index (χ0n) is 9.78. The summed E-state index contributed by atoms with van der Waals surface area (Å²) in [4.78, 5) is -0.400. The second-order valence-electron chi connectivity index (χ2n) is 4.70. The molecule has 0 aromatic heterocycles. The van der Waals surface area contributed by atoms with Gasteiger partial charge in [-0.3, -0.25) is 0 Å². The summed E-state index contributed by atoms with van der Waals surface area (Å²) in [7, 11) is -3.84. The fourth-order valence-electron chi connectivity index (χ4n) is 2.03. The molecule has 1 aliphatic rings. The van der Waals surface area contributed by atoms with Crippen LogP contribution in [0.15, 0.2) is 21.5 Å². The molecular formula is C11H14BrFN2O2S. The van der Waals surface area contributed by atoms with E-state index in [0.29, 0.717) is 10.4 Å². The maximum Gasteiger partial charge on any atom is 0.243 e. The monoisotopic (exact) mass is 336 g/mol. The van der Waals surface area contributed by atoms with E-state index >= 15 is 0 Å². The fraction of sp³-hybridized carbons (Fsp3) is 0.455. The third kappa shape index (κ3) is 2.67. The number of nitrogens with one attached hydrogen (secondary N) is 1. The number of nitrogen functional groups attached to an aromatic ring is 1. The number of sulfonamides is 1. The third-order valence-electron chi connectivity index (χ3n) is 3.04. The second-order valence-corrected chi connectivity index (χ2v) is 7.24. The lowest BCUT2D eigenvalue weighted by atomic mass is 9.83. The van der Waals surface area contributed by atoms with Gasteiger partial charge in [0.1, 0.15) is 10.7 Å². The van der Waals surface area contributed by atoms with Gasteiger partial charge in [-0.1, -0.05) is 6.92 Å². The summed E-state index contributed by atoms with van der Waals surface area (Å²) in [5, 5.41) is 0. The molecule has 1 saturated carbocycles. The van der Waals surface area contributed by atoms with E-state index in [-0.39, 0.29) is 11.7 Å². The van der Waals surface area contributed by atoms with Gasteiger partial charge in [-0.15, -0.1) is 0 Å². The molecule has 0 unspecified atom stereocenters. The van der Waals surface area contributed by atoms with Gasteiger partial charge in [-0.25, -0.2) is 17.5 Å². The van der Waals surface area contributed by atoms with Crippen molar-refractivity contribution in [3.63, 3.8) is 0 Å². The van der Waals surface area contributed by atoms with E-state index in [9.17, 15) is 12.8 Å². The van der Waals surface area contributed by atoms with E-state index in [1.807, 2.05) is 6.92 Å². The highest BCUT2D eigenvalue weighted by molar-refractivity contribution is 9.10. The third-order valence-corrected chi connectivity index (χ3v) is 5.26. The molecule has 0 aliphatic heterocycles. The molecule has 1 aliphatic carbocycles. The average molecular weight is 337 g/mol. The Bertz CT molecular complexity index is 571. The fourth-order valence-corrected chi connectivity index (χ4v) is 3.70. The molecule has 4 nitrogen and oxygen atoms in total. The Morgan fingerprint density at radius 1 is 1.44 bits per heavy atom. The molecular weight excluding hydrogens is 323 g/mol. The number of nitrogens with two attached hydrogens (primary N) is 1. The van der Waals surface area contributed by atoms with Crippen LogP contribution in [0.2, 0.25) is 0 Å². The minimum Gasteiger partial charge on any atom is -0.398 e. The Labute approximate surface area is 114 Å². The first kappa shape index (κ1) is 13.8. The number of halogens is 2. The predicted molar refractivity (Wildman–Crippen MR) is 71.0 cm³/mol. The van der Waals surface area contributed by atoms with Crippen molar-refractivity contribution in [3.8, 4) is 0 Å². The van der Waals surface area contributed by atoms with Crippen molar-refractivity contribution >= 4 is 31.6 Å². The molecule has 1 aromatic rings. The quantitative estimate of drug-likeness (QED) is 0.831. The van der Waals surface area contributed by atoms with Crippen LogP contribution in [0.5, 0.6) is 0 Å². The van der Waals surface area contributed by atoms with Crippen LogP contribution in [0, 0.1) is 11.7 Å². The van der Waals surface area contributed by atoms with Crippen LogP contribution >= 0.6 is 15.9 Å². The molecule has 1 fully saturated rings. The SMILES string of the molecule is CC1CC(NS(=O)(=O)c2cc(N)c(Br)cc2F)C1. The lowest BCUT2D eigenvalue weighted by Crippen LogP contribution is -2.43. The van der Waals surface area contributed by atoms with Crippen molar-refractivity contribution in [3.05, 3.63) is 22.4 Å². The summed E-state index contributed by atoms with van der Waals surface area (Å²) >= 11 is 3.05. The van der Waals surface area contributed by atoms with E-state index in [1.54, 1.807) is 0 Å². The van der Waals surface area contributed by atoms with Crippen LogP contribution < -0.4 is 10.5 Å². The topological polar surface area (TPSA) is 72.2 Å². The van der Waals surface area contributed by atoms with Gasteiger partial charge in [0.05, 0.1) is 0 Å². The molecule has 100 valence electrons. The molecule has 1 aromatic carbocycles. The first-order valence-electron chi connectivity index (χ1n) is 5.56. The molecule has 18 heavy (non-hydrogen) atoms. The highest BCUT2D eigenvalue weighted by atomic mass is 79.9. The Morgan fingerprint density at radius 2 is 2.06 bits per heavy atom. The zero-order chi connectivity index (χ0) is 13.5. The minimum atomic E-state index is -3.84. The largest absolute Gasteiger partial charge is 0.398 e. The lowest BCUT2D eigenvalue weighted by Gasteiger charge is -2.32. The van der Waals surface area contributed by atoms with Gasteiger partial charge in [0.25, 0.3) is 0 Å². The van der Waals surface area contributed by atoms with Gasteiger partial charge in [0.15, 0.2) is 0 Å². The molecule has 0 heterocycles. The van der Waals surface area contributed by atoms with Crippen molar-refractivity contribution in [2.75, 3.05) is 5.73 Å². The summed E-state index contributed by atoms with van der Waals surface area (Å²) in [5.41, 5.74) is 5.77. The molecule has 0 saturated heterocycles. The van der Waals surface area contributed by atoms with Crippen LogP contribution in [-0.2, 0) is 10.0 Å². The molecule has 0 amide bonds. The minimum absolute atomic E-state index is 0.103. The molecule has 0 radical (unpaired) electrons. The maximum absolute atomic E-state index is 13.7. The second kappa shape index (κ2) is 4.79. The van der Waals surface area contributed by atoms with Gasteiger partial charge < -0.3 is 5.73 Å².